The summed E-state index contributed by atoms with van der Waals surface area (Å²) in [5, 5.41) is 13.2. The molecule has 0 aromatic carbocycles. The molecular weight excluding hydrogens is 250 g/mol. The molecular formula is C12H19N3O2S. The predicted molar refractivity (Wildman–Crippen MR) is 71.5 cm³/mol. The van der Waals surface area contributed by atoms with Crippen LogP contribution in [0.4, 0.5) is 0 Å². The molecule has 0 saturated heterocycles. The van der Waals surface area contributed by atoms with Crippen molar-refractivity contribution >= 4 is 17.7 Å². The Balaban J connectivity index is 1.78. The zero-order valence-corrected chi connectivity index (χ0v) is 11.1. The third kappa shape index (κ3) is 3.49. The first-order valence-corrected chi connectivity index (χ1v) is 7.42. The largest absolute Gasteiger partial charge is 0.480 e. The van der Waals surface area contributed by atoms with Gasteiger partial charge in [0.25, 0.3) is 0 Å². The van der Waals surface area contributed by atoms with Gasteiger partial charge in [-0.3, -0.25) is 9.48 Å². The molecule has 1 aliphatic rings. The second-order valence-corrected chi connectivity index (χ2v) is 5.72. The number of nitrogens with two attached hydrogens (primary N) is 1. The van der Waals surface area contributed by atoms with Crippen molar-refractivity contribution in [3.05, 3.63) is 18.0 Å². The number of hydrogen-bond acceptors (Lipinski definition) is 4. The van der Waals surface area contributed by atoms with Gasteiger partial charge in [0, 0.05) is 17.7 Å². The van der Waals surface area contributed by atoms with Gasteiger partial charge in [0.05, 0.1) is 11.7 Å². The van der Waals surface area contributed by atoms with Crippen LogP contribution in [0.5, 0.6) is 0 Å². The Bertz CT molecular complexity index is 402. The van der Waals surface area contributed by atoms with Gasteiger partial charge in [-0.1, -0.05) is 12.8 Å². The van der Waals surface area contributed by atoms with Crippen LogP contribution in [0.15, 0.2) is 12.3 Å². The maximum atomic E-state index is 10.6. The summed E-state index contributed by atoms with van der Waals surface area (Å²) >= 11 is 1.52. The zero-order chi connectivity index (χ0) is 13.0. The van der Waals surface area contributed by atoms with Crippen molar-refractivity contribution in [2.75, 3.05) is 5.75 Å². The van der Waals surface area contributed by atoms with Gasteiger partial charge >= 0.3 is 5.97 Å². The van der Waals surface area contributed by atoms with Crippen molar-refractivity contribution in [3.63, 3.8) is 0 Å². The number of thioether (sulfide) groups is 1. The second-order valence-electron chi connectivity index (χ2n) is 4.69. The molecule has 1 fully saturated rings. The minimum absolute atomic E-state index is 0.422. The summed E-state index contributed by atoms with van der Waals surface area (Å²) in [5.74, 6) is 0.200. The first-order chi connectivity index (χ1) is 8.66. The zero-order valence-electron chi connectivity index (χ0n) is 10.3. The highest BCUT2D eigenvalue weighted by atomic mass is 32.2. The van der Waals surface area contributed by atoms with Crippen molar-refractivity contribution < 1.29 is 9.90 Å². The molecule has 0 bridgehead atoms. The summed E-state index contributed by atoms with van der Waals surface area (Å²) in [6.45, 7) is 0. The van der Waals surface area contributed by atoms with Crippen LogP contribution in [0.3, 0.4) is 0 Å². The molecule has 100 valence electrons. The van der Waals surface area contributed by atoms with E-state index in [1.54, 1.807) is 0 Å². The molecule has 0 spiro atoms. The number of nitrogens with zero attached hydrogens (tertiary/aromatic N) is 2. The van der Waals surface area contributed by atoms with Crippen LogP contribution in [-0.4, -0.2) is 32.7 Å². The molecule has 0 amide bonds. The standard InChI is InChI=1S/C12H19N3O2S/c13-11(12(16)17)8-18-7-9-5-6-15(14-9)10-3-1-2-4-10/h5-6,10-11H,1-4,7-8,13H2,(H,16,17)/t11-/m0/s1. The lowest BCUT2D eigenvalue weighted by Gasteiger charge is -2.09. The Morgan fingerprint density at radius 3 is 3.00 bits per heavy atom. The fourth-order valence-corrected chi connectivity index (χ4v) is 3.07. The van der Waals surface area contributed by atoms with Crippen molar-refractivity contribution in [1.29, 1.82) is 0 Å². The molecule has 1 aromatic heterocycles. The van der Waals surface area contributed by atoms with Crippen LogP contribution in [0.25, 0.3) is 0 Å². The van der Waals surface area contributed by atoms with E-state index in [0.717, 1.165) is 11.4 Å². The molecule has 18 heavy (non-hydrogen) atoms. The van der Waals surface area contributed by atoms with E-state index in [-0.39, 0.29) is 0 Å². The Hall–Kier alpha value is -1.01. The van der Waals surface area contributed by atoms with E-state index in [1.807, 2.05) is 12.3 Å². The van der Waals surface area contributed by atoms with E-state index in [1.165, 1.54) is 37.4 Å². The van der Waals surface area contributed by atoms with E-state index in [0.29, 0.717) is 11.8 Å². The fraction of sp³-hybridized carbons (Fsp3) is 0.667. The summed E-state index contributed by atoms with van der Waals surface area (Å²) in [5.41, 5.74) is 6.44. The van der Waals surface area contributed by atoms with E-state index in [2.05, 4.69) is 9.78 Å². The van der Waals surface area contributed by atoms with E-state index < -0.39 is 12.0 Å². The topological polar surface area (TPSA) is 81.1 Å². The SMILES string of the molecule is N[C@@H](CSCc1ccn(C2CCCC2)n1)C(=O)O. The lowest BCUT2D eigenvalue weighted by Crippen LogP contribution is -2.32. The maximum absolute atomic E-state index is 10.6. The molecule has 3 N–H and O–H groups in total. The molecule has 1 aliphatic carbocycles. The van der Waals surface area contributed by atoms with Crippen LogP contribution in [0, 0.1) is 0 Å². The van der Waals surface area contributed by atoms with Gasteiger partial charge in [-0.2, -0.15) is 16.9 Å². The molecule has 0 radical (unpaired) electrons. The number of carbonyl (C=O) groups is 1. The number of carboxylic acid groups (broad SMARTS) is 1. The lowest BCUT2D eigenvalue weighted by molar-refractivity contribution is -0.137. The number of aliphatic carboxylic acids is 1. The Labute approximate surface area is 111 Å². The third-order valence-electron chi connectivity index (χ3n) is 3.23. The van der Waals surface area contributed by atoms with Crippen LogP contribution in [0.2, 0.25) is 0 Å². The molecule has 1 saturated carbocycles. The predicted octanol–water partition coefficient (Wildman–Crippen LogP) is 1.64. The van der Waals surface area contributed by atoms with Crippen molar-refractivity contribution in [1.82, 2.24) is 9.78 Å². The van der Waals surface area contributed by atoms with Crippen molar-refractivity contribution in [2.45, 2.75) is 43.5 Å². The number of carboxylic acids is 1. The Morgan fingerprint density at radius 2 is 2.33 bits per heavy atom. The lowest BCUT2D eigenvalue weighted by atomic mass is 10.3. The van der Waals surface area contributed by atoms with Crippen LogP contribution < -0.4 is 5.73 Å². The van der Waals surface area contributed by atoms with Gasteiger partial charge in [0.15, 0.2) is 0 Å². The molecule has 1 aromatic rings. The summed E-state index contributed by atoms with van der Waals surface area (Å²) in [6.07, 6.45) is 7.06. The minimum Gasteiger partial charge on any atom is -0.480 e. The average Bonchev–Trinajstić information content (AvgIpc) is 2.98. The summed E-state index contributed by atoms with van der Waals surface area (Å²) in [7, 11) is 0. The Morgan fingerprint density at radius 1 is 1.61 bits per heavy atom. The van der Waals surface area contributed by atoms with Gasteiger partial charge in [-0.25, -0.2) is 0 Å². The summed E-state index contributed by atoms with van der Waals surface area (Å²) in [4.78, 5) is 10.6. The van der Waals surface area contributed by atoms with Gasteiger partial charge in [-0.15, -0.1) is 0 Å². The van der Waals surface area contributed by atoms with Gasteiger partial charge in [0.2, 0.25) is 0 Å². The van der Waals surface area contributed by atoms with E-state index in [4.69, 9.17) is 10.8 Å². The minimum atomic E-state index is -0.945. The quantitative estimate of drug-likeness (QED) is 0.820. The molecule has 1 atom stereocenters. The summed E-state index contributed by atoms with van der Waals surface area (Å²) in [6, 6.07) is 1.79. The first kappa shape index (κ1) is 13.4. The number of rotatable bonds is 6. The van der Waals surface area contributed by atoms with E-state index >= 15 is 0 Å². The highest BCUT2D eigenvalue weighted by Crippen LogP contribution is 2.28. The van der Waals surface area contributed by atoms with Gasteiger partial charge in [0.1, 0.15) is 6.04 Å². The molecule has 0 aliphatic heterocycles. The van der Waals surface area contributed by atoms with Crippen LogP contribution >= 0.6 is 11.8 Å². The van der Waals surface area contributed by atoms with Crippen molar-refractivity contribution in [3.8, 4) is 0 Å². The molecule has 0 unspecified atom stereocenters. The first-order valence-electron chi connectivity index (χ1n) is 6.27. The molecule has 1 heterocycles. The monoisotopic (exact) mass is 269 g/mol. The number of hydrogen-bond donors (Lipinski definition) is 2. The average molecular weight is 269 g/mol. The molecule has 5 nitrogen and oxygen atoms in total. The molecule has 2 rings (SSSR count). The smallest absolute Gasteiger partial charge is 0.321 e. The normalized spacial score (nSPS) is 18.1. The second kappa shape index (κ2) is 6.24. The van der Waals surface area contributed by atoms with E-state index in [9.17, 15) is 4.79 Å². The Kier molecular flexibility index (Phi) is 4.66. The summed E-state index contributed by atoms with van der Waals surface area (Å²) < 4.78 is 2.06. The van der Waals surface area contributed by atoms with Crippen LogP contribution in [-0.2, 0) is 10.5 Å². The van der Waals surface area contributed by atoms with Gasteiger partial charge in [-0.05, 0) is 18.9 Å². The highest BCUT2D eigenvalue weighted by molar-refractivity contribution is 7.98. The maximum Gasteiger partial charge on any atom is 0.321 e. The highest BCUT2D eigenvalue weighted by Gasteiger charge is 2.17. The van der Waals surface area contributed by atoms with Gasteiger partial charge < -0.3 is 10.8 Å². The number of aromatic nitrogens is 2. The van der Waals surface area contributed by atoms with Crippen LogP contribution in [0.1, 0.15) is 37.4 Å². The third-order valence-corrected chi connectivity index (χ3v) is 4.32. The molecule has 6 heteroatoms. The fourth-order valence-electron chi connectivity index (χ4n) is 2.19. The van der Waals surface area contributed by atoms with Crippen molar-refractivity contribution in [2.24, 2.45) is 5.73 Å².